The third kappa shape index (κ3) is 1.75. The summed E-state index contributed by atoms with van der Waals surface area (Å²) in [4.78, 5) is 11.2. The van der Waals surface area contributed by atoms with E-state index in [0.717, 1.165) is 0 Å². The van der Waals surface area contributed by atoms with Crippen LogP contribution in [0.2, 0.25) is 0 Å². The Morgan fingerprint density at radius 3 is 2.31 bits per heavy atom. The number of hydrogen-bond donors (Lipinski definition) is 1. The van der Waals surface area contributed by atoms with Crippen molar-refractivity contribution < 1.29 is 14.6 Å². The van der Waals surface area contributed by atoms with Gasteiger partial charge in [-0.3, -0.25) is 0 Å². The van der Waals surface area contributed by atoms with Gasteiger partial charge in [0.15, 0.2) is 0 Å². The number of ether oxygens (including phenoxy) is 1. The fraction of sp³-hybridized carbons (Fsp3) is 0.700. The van der Waals surface area contributed by atoms with Gasteiger partial charge in [-0.15, -0.1) is 0 Å². The zero-order chi connectivity index (χ0) is 10.2. The van der Waals surface area contributed by atoms with E-state index in [1.807, 2.05) is 13.8 Å². The average Bonchev–Trinajstić information content (AvgIpc) is 2.28. The zero-order valence-electron chi connectivity index (χ0n) is 8.28. The Labute approximate surface area is 78.4 Å². The normalized spacial score (nSPS) is 30.8. The zero-order valence-corrected chi connectivity index (χ0v) is 8.28. The SMILES string of the molecule is C=C1C(=O)OC(C(C)C)C1C(C)O. The maximum Gasteiger partial charge on any atom is 0.334 e. The van der Waals surface area contributed by atoms with Crippen molar-refractivity contribution in [2.75, 3.05) is 0 Å². The summed E-state index contributed by atoms with van der Waals surface area (Å²) in [5, 5.41) is 9.47. The van der Waals surface area contributed by atoms with Crippen molar-refractivity contribution in [2.45, 2.75) is 33.0 Å². The molecule has 3 unspecified atom stereocenters. The number of aliphatic hydroxyl groups excluding tert-OH is 1. The summed E-state index contributed by atoms with van der Waals surface area (Å²) < 4.78 is 5.11. The molecule has 0 amide bonds. The number of aliphatic hydroxyl groups is 1. The Hall–Kier alpha value is -0.830. The van der Waals surface area contributed by atoms with Crippen LogP contribution in [0.4, 0.5) is 0 Å². The lowest BCUT2D eigenvalue weighted by atomic mass is 9.86. The predicted molar refractivity (Wildman–Crippen MR) is 49.0 cm³/mol. The molecule has 0 aromatic rings. The smallest absolute Gasteiger partial charge is 0.334 e. The molecule has 74 valence electrons. The molecule has 0 bridgehead atoms. The third-order valence-electron chi connectivity index (χ3n) is 2.44. The van der Waals surface area contributed by atoms with Gasteiger partial charge in [-0.1, -0.05) is 20.4 Å². The lowest BCUT2D eigenvalue weighted by Gasteiger charge is -2.22. The van der Waals surface area contributed by atoms with Crippen molar-refractivity contribution in [1.29, 1.82) is 0 Å². The maximum absolute atomic E-state index is 11.2. The van der Waals surface area contributed by atoms with Crippen LogP contribution in [0.3, 0.4) is 0 Å². The lowest BCUT2D eigenvalue weighted by molar-refractivity contribution is -0.141. The Balaban J connectivity index is 2.87. The van der Waals surface area contributed by atoms with Crippen molar-refractivity contribution in [1.82, 2.24) is 0 Å². The van der Waals surface area contributed by atoms with Gasteiger partial charge in [-0.25, -0.2) is 4.79 Å². The van der Waals surface area contributed by atoms with E-state index in [1.54, 1.807) is 6.92 Å². The number of hydrogen-bond acceptors (Lipinski definition) is 3. The highest BCUT2D eigenvalue weighted by atomic mass is 16.6. The summed E-state index contributed by atoms with van der Waals surface area (Å²) in [6.45, 7) is 9.22. The third-order valence-corrected chi connectivity index (χ3v) is 2.44. The number of esters is 1. The number of carbonyl (C=O) groups excluding carboxylic acids is 1. The Morgan fingerprint density at radius 1 is 1.46 bits per heavy atom. The highest BCUT2D eigenvalue weighted by Gasteiger charge is 2.42. The van der Waals surface area contributed by atoms with Gasteiger partial charge >= 0.3 is 5.97 Å². The first-order valence-corrected chi connectivity index (χ1v) is 4.53. The van der Waals surface area contributed by atoms with Crippen LogP contribution in [0.1, 0.15) is 20.8 Å². The second kappa shape index (κ2) is 3.50. The molecule has 1 fully saturated rings. The minimum absolute atomic E-state index is 0.211. The first-order chi connectivity index (χ1) is 5.95. The van der Waals surface area contributed by atoms with Crippen LogP contribution in [-0.4, -0.2) is 23.3 Å². The molecular formula is C10H16O3. The molecule has 1 N–H and O–H groups in total. The quantitative estimate of drug-likeness (QED) is 0.516. The van der Waals surface area contributed by atoms with Crippen LogP contribution in [0.25, 0.3) is 0 Å². The molecule has 1 rings (SSSR count). The Bertz CT molecular complexity index is 230. The van der Waals surface area contributed by atoms with Crippen molar-refractivity contribution in [3.8, 4) is 0 Å². The van der Waals surface area contributed by atoms with E-state index >= 15 is 0 Å². The largest absolute Gasteiger partial charge is 0.458 e. The molecular weight excluding hydrogens is 168 g/mol. The average molecular weight is 184 g/mol. The molecule has 0 spiro atoms. The fourth-order valence-electron chi connectivity index (χ4n) is 1.72. The van der Waals surface area contributed by atoms with E-state index in [0.29, 0.717) is 5.57 Å². The second-order valence-electron chi connectivity index (χ2n) is 3.91. The van der Waals surface area contributed by atoms with Gasteiger partial charge in [0.05, 0.1) is 12.0 Å². The van der Waals surface area contributed by atoms with Crippen LogP contribution in [0.15, 0.2) is 12.2 Å². The minimum Gasteiger partial charge on any atom is -0.458 e. The fourth-order valence-corrected chi connectivity index (χ4v) is 1.72. The Morgan fingerprint density at radius 2 is 2.00 bits per heavy atom. The van der Waals surface area contributed by atoms with E-state index in [2.05, 4.69) is 6.58 Å². The molecule has 1 aliphatic heterocycles. The standard InChI is InChI=1S/C10H16O3/c1-5(2)9-8(7(4)11)6(3)10(12)13-9/h5,7-9,11H,3H2,1-2,4H3. The van der Waals surface area contributed by atoms with Gasteiger partial charge in [-0.2, -0.15) is 0 Å². The van der Waals surface area contributed by atoms with E-state index < -0.39 is 6.10 Å². The summed E-state index contributed by atoms with van der Waals surface area (Å²) >= 11 is 0. The summed E-state index contributed by atoms with van der Waals surface area (Å²) in [5.74, 6) is -0.403. The first kappa shape index (κ1) is 10.3. The van der Waals surface area contributed by atoms with Crippen molar-refractivity contribution in [2.24, 2.45) is 11.8 Å². The molecule has 1 aliphatic rings. The number of cyclic esters (lactones) is 1. The van der Waals surface area contributed by atoms with Crippen molar-refractivity contribution in [3.05, 3.63) is 12.2 Å². The van der Waals surface area contributed by atoms with Gasteiger partial charge in [0.1, 0.15) is 6.10 Å². The van der Waals surface area contributed by atoms with Crippen LogP contribution >= 0.6 is 0 Å². The van der Waals surface area contributed by atoms with Crippen LogP contribution in [-0.2, 0) is 9.53 Å². The molecule has 0 aliphatic carbocycles. The predicted octanol–water partition coefficient (Wildman–Crippen LogP) is 1.12. The first-order valence-electron chi connectivity index (χ1n) is 4.53. The van der Waals surface area contributed by atoms with Crippen molar-refractivity contribution >= 4 is 5.97 Å². The molecule has 3 atom stereocenters. The van der Waals surface area contributed by atoms with Gasteiger partial charge in [-0.05, 0) is 12.8 Å². The monoisotopic (exact) mass is 184 g/mol. The Kier molecular flexibility index (Phi) is 2.76. The van der Waals surface area contributed by atoms with Crippen LogP contribution in [0, 0.1) is 11.8 Å². The highest BCUT2D eigenvalue weighted by molar-refractivity contribution is 5.90. The van der Waals surface area contributed by atoms with Gasteiger partial charge in [0.25, 0.3) is 0 Å². The molecule has 0 aromatic heterocycles. The van der Waals surface area contributed by atoms with Gasteiger partial charge in [0.2, 0.25) is 0 Å². The maximum atomic E-state index is 11.2. The minimum atomic E-state index is -0.577. The van der Waals surface area contributed by atoms with Gasteiger partial charge in [0, 0.05) is 5.57 Å². The topological polar surface area (TPSA) is 46.5 Å². The lowest BCUT2D eigenvalue weighted by Crippen LogP contribution is -2.30. The highest BCUT2D eigenvalue weighted by Crippen LogP contribution is 2.33. The van der Waals surface area contributed by atoms with Crippen LogP contribution in [0.5, 0.6) is 0 Å². The summed E-state index contributed by atoms with van der Waals surface area (Å²) in [6, 6.07) is 0. The molecule has 0 saturated carbocycles. The van der Waals surface area contributed by atoms with Crippen LogP contribution < -0.4 is 0 Å². The summed E-state index contributed by atoms with van der Waals surface area (Å²) in [7, 11) is 0. The van der Waals surface area contributed by atoms with Crippen molar-refractivity contribution in [3.63, 3.8) is 0 Å². The molecule has 13 heavy (non-hydrogen) atoms. The number of rotatable bonds is 2. The number of carbonyl (C=O) groups is 1. The molecule has 3 nitrogen and oxygen atoms in total. The molecule has 1 saturated heterocycles. The van der Waals surface area contributed by atoms with E-state index in [4.69, 9.17) is 4.74 Å². The molecule has 3 heteroatoms. The molecule has 0 radical (unpaired) electrons. The summed E-state index contributed by atoms with van der Waals surface area (Å²) in [6.07, 6.45) is -0.800. The molecule has 0 aromatic carbocycles. The van der Waals surface area contributed by atoms with E-state index in [9.17, 15) is 9.90 Å². The molecule has 1 heterocycles. The van der Waals surface area contributed by atoms with E-state index in [1.165, 1.54) is 0 Å². The second-order valence-corrected chi connectivity index (χ2v) is 3.91. The summed E-state index contributed by atoms with van der Waals surface area (Å²) in [5.41, 5.74) is 0.397. The van der Waals surface area contributed by atoms with Gasteiger partial charge < -0.3 is 9.84 Å². The van der Waals surface area contributed by atoms with E-state index in [-0.39, 0.29) is 23.9 Å².